The van der Waals surface area contributed by atoms with Gasteiger partial charge in [-0.3, -0.25) is 9.48 Å². The van der Waals surface area contributed by atoms with Crippen molar-refractivity contribution in [3.63, 3.8) is 0 Å². The van der Waals surface area contributed by atoms with Gasteiger partial charge in [-0.2, -0.15) is 5.10 Å². The summed E-state index contributed by atoms with van der Waals surface area (Å²) in [5.74, 6) is 0.0994. The highest BCUT2D eigenvalue weighted by molar-refractivity contribution is 7.91. The fraction of sp³-hybridized carbons (Fsp3) is 0.474. The molecule has 144 valence electrons. The quantitative estimate of drug-likeness (QED) is 0.798. The minimum atomic E-state index is -3.05. The van der Waals surface area contributed by atoms with Crippen molar-refractivity contribution in [2.75, 3.05) is 37.8 Å². The molecule has 3 heterocycles. The summed E-state index contributed by atoms with van der Waals surface area (Å²) in [6.45, 7) is 4.15. The fourth-order valence-corrected chi connectivity index (χ4v) is 5.31. The Kier molecular flexibility index (Phi) is 4.77. The maximum atomic E-state index is 12.9. The molecule has 7 nitrogen and oxygen atoms in total. The molecule has 2 aliphatic rings. The van der Waals surface area contributed by atoms with Gasteiger partial charge in [-0.05, 0) is 25.0 Å². The summed E-state index contributed by atoms with van der Waals surface area (Å²) in [4.78, 5) is 14.6. The lowest BCUT2D eigenvalue weighted by molar-refractivity contribution is 0.0298. The molecule has 0 aliphatic carbocycles. The molecule has 2 saturated heterocycles. The normalized spacial score (nSPS) is 22.1. The topological polar surface area (TPSA) is 81.5 Å². The van der Waals surface area contributed by atoms with Crippen molar-refractivity contribution in [2.45, 2.75) is 19.4 Å². The van der Waals surface area contributed by atoms with E-state index in [0.29, 0.717) is 38.4 Å². The minimum absolute atomic E-state index is 0.0682. The van der Waals surface area contributed by atoms with Gasteiger partial charge in [0.1, 0.15) is 0 Å². The summed E-state index contributed by atoms with van der Waals surface area (Å²) in [5, 5.41) is 4.55. The molecule has 0 N–H and O–H groups in total. The Labute approximate surface area is 158 Å². The molecule has 2 aromatic rings. The van der Waals surface area contributed by atoms with E-state index in [9.17, 15) is 13.2 Å². The zero-order chi connectivity index (χ0) is 19.0. The second-order valence-corrected chi connectivity index (χ2v) is 9.42. The molecule has 0 spiro atoms. The van der Waals surface area contributed by atoms with Crippen LogP contribution in [0.25, 0.3) is 11.3 Å². The summed E-state index contributed by atoms with van der Waals surface area (Å²) in [7, 11) is -3.05. The van der Waals surface area contributed by atoms with Gasteiger partial charge >= 0.3 is 0 Å². The van der Waals surface area contributed by atoms with Crippen LogP contribution in [0.5, 0.6) is 0 Å². The fourth-order valence-electron chi connectivity index (χ4n) is 3.61. The number of nitrogens with zero attached hydrogens (tertiary/aromatic N) is 3. The van der Waals surface area contributed by atoms with E-state index in [-0.39, 0.29) is 23.5 Å². The Bertz CT molecular complexity index is 944. The summed E-state index contributed by atoms with van der Waals surface area (Å²) >= 11 is 0. The zero-order valence-corrected chi connectivity index (χ0v) is 16.1. The Balaban J connectivity index is 1.72. The second-order valence-electron chi connectivity index (χ2n) is 7.19. The monoisotopic (exact) mass is 389 g/mol. The number of carbonyl (C=O) groups is 1. The van der Waals surface area contributed by atoms with Crippen molar-refractivity contribution in [1.29, 1.82) is 0 Å². The van der Waals surface area contributed by atoms with E-state index in [1.54, 1.807) is 15.6 Å². The smallest absolute Gasteiger partial charge is 0.274 e. The molecule has 27 heavy (non-hydrogen) atoms. The molecule has 1 unspecified atom stereocenters. The second kappa shape index (κ2) is 7.09. The number of hydrogen-bond donors (Lipinski definition) is 0. The average molecular weight is 389 g/mol. The highest BCUT2D eigenvalue weighted by Gasteiger charge is 2.32. The predicted octanol–water partition coefficient (Wildman–Crippen LogP) is 1.69. The van der Waals surface area contributed by atoms with Crippen molar-refractivity contribution in [3.05, 3.63) is 41.6 Å². The lowest BCUT2D eigenvalue weighted by Gasteiger charge is -2.25. The van der Waals surface area contributed by atoms with Crippen LogP contribution in [-0.4, -0.2) is 66.8 Å². The highest BCUT2D eigenvalue weighted by atomic mass is 32.2. The lowest BCUT2D eigenvalue weighted by atomic mass is 10.1. The number of aromatic nitrogens is 2. The van der Waals surface area contributed by atoms with Crippen LogP contribution in [0.4, 0.5) is 0 Å². The first-order valence-electron chi connectivity index (χ1n) is 9.17. The van der Waals surface area contributed by atoms with Gasteiger partial charge in [0.05, 0.1) is 36.5 Å². The van der Waals surface area contributed by atoms with E-state index in [1.165, 1.54) is 0 Å². The van der Waals surface area contributed by atoms with Crippen LogP contribution in [0.15, 0.2) is 30.3 Å². The summed E-state index contributed by atoms with van der Waals surface area (Å²) in [6, 6.07) is 9.51. The molecule has 0 radical (unpaired) electrons. The molecule has 0 bridgehead atoms. The van der Waals surface area contributed by atoms with Gasteiger partial charge in [-0.1, -0.05) is 29.8 Å². The molecule has 8 heteroatoms. The maximum Gasteiger partial charge on any atom is 0.274 e. The predicted molar refractivity (Wildman–Crippen MR) is 101 cm³/mol. The molecule has 1 amide bonds. The summed E-state index contributed by atoms with van der Waals surface area (Å²) in [5.41, 5.74) is 3.21. The number of amides is 1. The minimum Gasteiger partial charge on any atom is -0.378 e. The molecule has 2 fully saturated rings. The molecule has 1 atom stereocenters. The molecule has 4 rings (SSSR count). The van der Waals surface area contributed by atoms with E-state index < -0.39 is 9.84 Å². The molecule has 1 aromatic heterocycles. The van der Waals surface area contributed by atoms with Crippen molar-refractivity contribution in [2.24, 2.45) is 0 Å². The lowest BCUT2D eigenvalue weighted by Crippen LogP contribution is -2.40. The van der Waals surface area contributed by atoms with Crippen LogP contribution in [-0.2, 0) is 14.6 Å². The van der Waals surface area contributed by atoms with Crippen molar-refractivity contribution >= 4 is 15.7 Å². The van der Waals surface area contributed by atoms with Crippen molar-refractivity contribution < 1.29 is 17.9 Å². The SMILES string of the molecule is Cc1ccc(-c2cc(C(=O)N3CCOCC3)nn2C2CCS(=O)(=O)C2)cc1. The maximum absolute atomic E-state index is 12.9. The zero-order valence-electron chi connectivity index (χ0n) is 15.3. The van der Waals surface area contributed by atoms with Gasteiger partial charge in [-0.25, -0.2) is 8.42 Å². The first-order valence-corrected chi connectivity index (χ1v) is 11.0. The van der Waals surface area contributed by atoms with Crippen LogP contribution < -0.4 is 0 Å². The number of sulfone groups is 1. The molecule has 1 aromatic carbocycles. The summed E-state index contributed by atoms with van der Waals surface area (Å²) < 4.78 is 31.0. The molecule has 0 saturated carbocycles. The number of hydrogen-bond acceptors (Lipinski definition) is 5. The Morgan fingerprint density at radius 2 is 1.89 bits per heavy atom. The van der Waals surface area contributed by atoms with Crippen LogP contribution in [0.2, 0.25) is 0 Å². The van der Waals surface area contributed by atoms with Gasteiger partial charge in [0.25, 0.3) is 5.91 Å². The van der Waals surface area contributed by atoms with E-state index >= 15 is 0 Å². The third-order valence-electron chi connectivity index (χ3n) is 5.15. The Morgan fingerprint density at radius 1 is 1.19 bits per heavy atom. The third-order valence-corrected chi connectivity index (χ3v) is 6.91. The van der Waals surface area contributed by atoms with Gasteiger partial charge < -0.3 is 9.64 Å². The van der Waals surface area contributed by atoms with Gasteiger partial charge in [0.2, 0.25) is 0 Å². The van der Waals surface area contributed by atoms with E-state index in [2.05, 4.69) is 5.10 Å². The number of carbonyl (C=O) groups excluding carboxylic acids is 1. The van der Waals surface area contributed by atoms with Crippen LogP contribution in [0, 0.1) is 6.92 Å². The molecular weight excluding hydrogens is 366 g/mol. The number of morpholine rings is 1. The Morgan fingerprint density at radius 3 is 2.52 bits per heavy atom. The largest absolute Gasteiger partial charge is 0.378 e. The van der Waals surface area contributed by atoms with Crippen LogP contribution >= 0.6 is 0 Å². The molecular formula is C19H23N3O4S. The Hall–Kier alpha value is -2.19. The van der Waals surface area contributed by atoms with Crippen LogP contribution in [0.1, 0.15) is 28.5 Å². The van der Waals surface area contributed by atoms with Crippen molar-refractivity contribution in [1.82, 2.24) is 14.7 Å². The highest BCUT2D eigenvalue weighted by Crippen LogP contribution is 2.30. The van der Waals surface area contributed by atoms with E-state index in [1.807, 2.05) is 31.2 Å². The summed E-state index contributed by atoms with van der Waals surface area (Å²) in [6.07, 6.45) is 0.522. The van der Waals surface area contributed by atoms with Crippen molar-refractivity contribution in [3.8, 4) is 11.3 Å². The van der Waals surface area contributed by atoms with Gasteiger partial charge in [0.15, 0.2) is 15.5 Å². The number of rotatable bonds is 3. The third kappa shape index (κ3) is 3.77. The molecule has 2 aliphatic heterocycles. The van der Waals surface area contributed by atoms with E-state index in [4.69, 9.17) is 4.74 Å². The average Bonchev–Trinajstić information content (AvgIpc) is 3.26. The number of aryl methyl sites for hydroxylation is 1. The number of benzene rings is 1. The first-order chi connectivity index (χ1) is 12.9. The van der Waals surface area contributed by atoms with Gasteiger partial charge in [0, 0.05) is 13.1 Å². The first kappa shape index (κ1) is 18.2. The van der Waals surface area contributed by atoms with E-state index in [0.717, 1.165) is 16.8 Å². The van der Waals surface area contributed by atoms with Gasteiger partial charge in [-0.15, -0.1) is 0 Å². The van der Waals surface area contributed by atoms with Crippen LogP contribution in [0.3, 0.4) is 0 Å². The standard InChI is InChI=1S/C19H23N3O4S/c1-14-2-4-15(5-3-14)18-12-17(19(23)21-7-9-26-10-8-21)20-22(18)16-6-11-27(24,25)13-16/h2-5,12,16H,6-11,13H2,1H3. The number of ether oxygens (including phenoxy) is 1.